The van der Waals surface area contributed by atoms with Gasteiger partial charge in [-0.2, -0.15) is 0 Å². The minimum Gasteiger partial charge on any atom is -0.490 e. The lowest BCUT2D eigenvalue weighted by Crippen LogP contribution is -2.18. The smallest absolute Gasteiger partial charge is 0.411 e. The van der Waals surface area contributed by atoms with Crippen molar-refractivity contribution in [3.05, 3.63) is 82.7 Å². The average molecular weight is 422 g/mol. The molecule has 31 heavy (non-hydrogen) atoms. The second-order valence-electron chi connectivity index (χ2n) is 7.06. The number of fused-ring (bicyclic) bond motifs is 1. The number of hydrogen-bond donors (Lipinski definition) is 1. The van der Waals surface area contributed by atoms with Gasteiger partial charge in [0.05, 0.1) is 6.61 Å². The van der Waals surface area contributed by atoms with Crippen molar-refractivity contribution in [2.24, 2.45) is 0 Å². The SMILES string of the molecule is C=CCOc1ccc(CN(C)Cc2cc(=O)oc3cc(NC(=O)OCC)ccc23)cc1. The average Bonchev–Trinajstić information content (AvgIpc) is 2.73. The molecule has 0 unspecified atom stereocenters. The summed E-state index contributed by atoms with van der Waals surface area (Å²) in [5.41, 5.74) is 2.45. The Morgan fingerprint density at radius 2 is 1.94 bits per heavy atom. The molecule has 0 aliphatic rings. The van der Waals surface area contributed by atoms with Crippen molar-refractivity contribution in [2.45, 2.75) is 20.0 Å². The molecule has 0 atom stereocenters. The lowest BCUT2D eigenvalue weighted by Gasteiger charge is -2.18. The number of ether oxygens (including phenoxy) is 2. The summed E-state index contributed by atoms with van der Waals surface area (Å²) >= 11 is 0. The molecule has 1 amide bonds. The van der Waals surface area contributed by atoms with E-state index in [1.165, 1.54) is 6.07 Å². The molecule has 0 radical (unpaired) electrons. The highest BCUT2D eigenvalue weighted by Gasteiger charge is 2.11. The number of benzene rings is 2. The van der Waals surface area contributed by atoms with Crippen molar-refractivity contribution < 1.29 is 18.7 Å². The summed E-state index contributed by atoms with van der Waals surface area (Å²) in [5, 5.41) is 3.43. The molecule has 1 heterocycles. The Morgan fingerprint density at radius 1 is 1.16 bits per heavy atom. The predicted molar refractivity (Wildman–Crippen MR) is 120 cm³/mol. The zero-order valence-electron chi connectivity index (χ0n) is 17.7. The highest BCUT2D eigenvalue weighted by atomic mass is 16.5. The van der Waals surface area contributed by atoms with Crippen LogP contribution in [0.25, 0.3) is 11.0 Å². The van der Waals surface area contributed by atoms with E-state index in [1.54, 1.807) is 25.1 Å². The molecule has 7 nitrogen and oxygen atoms in total. The fraction of sp³-hybridized carbons (Fsp3) is 0.250. The van der Waals surface area contributed by atoms with Gasteiger partial charge in [0.15, 0.2) is 0 Å². The normalized spacial score (nSPS) is 10.8. The number of carbonyl (C=O) groups excluding carboxylic acids is 1. The third kappa shape index (κ3) is 6.20. The van der Waals surface area contributed by atoms with Crippen LogP contribution in [0.5, 0.6) is 5.75 Å². The van der Waals surface area contributed by atoms with Gasteiger partial charge in [0.1, 0.15) is 17.9 Å². The van der Waals surface area contributed by atoms with Gasteiger partial charge in [-0.15, -0.1) is 0 Å². The molecule has 0 fully saturated rings. The van der Waals surface area contributed by atoms with Gasteiger partial charge in [-0.25, -0.2) is 9.59 Å². The van der Waals surface area contributed by atoms with Gasteiger partial charge in [-0.1, -0.05) is 24.8 Å². The quantitative estimate of drug-likeness (QED) is 0.402. The fourth-order valence-corrected chi connectivity index (χ4v) is 3.23. The molecule has 2 aromatic carbocycles. The van der Waals surface area contributed by atoms with E-state index >= 15 is 0 Å². The molecular weight excluding hydrogens is 396 g/mol. The summed E-state index contributed by atoms with van der Waals surface area (Å²) < 4.78 is 15.7. The molecule has 3 rings (SSSR count). The van der Waals surface area contributed by atoms with Gasteiger partial charge in [0.2, 0.25) is 0 Å². The van der Waals surface area contributed by atoms with E-state index in [1.807, 2.05) is 37.4 Å². The number of hydrogen-bond acceptors (Lipinski definition) is 6. The number of amides is 1. The molecule has 7 heteroatoms. The second kappa shape index (κ2) is 10.4. The lowest BCUT2D eigenvalue weighted by molar-refractivity contribution is 0.168. The van der Waals surface area contributed by atoms with Crippen LogP contribution < -0.4 is 15.7 Å². The zero-order valence-corrected chi connectivity index (χ0v) is 17.7. The minimum absolute atomic E-state index is 0.273. The molecular formula is C24H26N2O5. The standard InChI is InChI=1S/C24H26N2O5/c1-4-12-30-20-9-6-17(7-10-20)15-26(3)16-18-13-23(27)31-22-14-19(8-11-21(18)22)25-24(28)29-5-2/h4,6-11,13-14H,1,5,12,15-16H2,2-3H3,(H,25,28). The van der Waals surface area contributed by atoms with Gasteiger partial charge in [-0.05, 0) is 49.4 Å². The van der Waals surface area contributed by atoms with Crippen LogP contribution >= 0.6 is 0 Å². The monoisotopic (exact) mass is 422 g/mol. The maximum atomic E-state index is 12.1. The Labute approximate surface area is 180 Å². The first-order valence-corrected chi connectivity index (χ1v) is 10.00. The molecule has 0 aliphatic carbocycles. The highest BCUT2D eigenvalue weighted by Crippen LogP contribution is 2.23. The number of carbonyl (C=O) groups is 1. The van der Waals surface area contributed by atoms with Crippen LogP contribution in [-0.4, -0.2) is 31.3 Å². The first-order chi connectivity index (χ1) is 15.0. The van der Waals surface area contributed by atoms with E-state index in [0.717, 1.165) is 22.3 Å². The Hall–Kier alpha value is -3.58. The highest BCUT2D eigenvalue weighted by molar-refractivity contribution is 5.89. The van der Waals surface area contributed by atoms with Crippen LogP contribution in [0, 0.1) is 0 Å². The summed E-state index contributed by atoms with van der Waals surface area (Å²) in [6.45, 7) is 7.37. The molecule has 0 saturated heterocycles. The molecule has 0 spiro atoms. The van der Waals surface area contributed by atoms with E-state index in [0.29, 0.717) is 31.0 Å². The Morgan fingerprint density at radius 3 is 2.65 bits per heavy atom. The first kappa shape index (κ1) is 22.1. The van der Waals surface area contributed by atoms with E-state index in [9.17, 15) is 9.59 Å². The van der Waals surface area contributed by atoms with Crippen molar-refractivity contribution in [3.63, 3.8) is 0 Å². The Kier molecular flexibility index (Phi) is 7.45. The van der Waals surface area contributed by atoms with Crippen molar-refractivity contribution in [1.29, 1.82) is 0 Å². The molecule has 0 saturated carbocycles. The number of nitrogens with zero attached hydrogens (tertiary/aromatic N) is 1. The van der Waals surface area contributed by atoms with Crippen LogP contribution in [0.15, 0.2) is 70.4 Å². The maximum absolute atomic E-state index is 12.1. The summed E-state index contributed by atoms with van der Waals surface area (Å²) in [6.07, 6.45) is 1.15. The van der Waals surface area contributed by atoms with Crippen LogP contribution in [0.1, 0.15) is 18.1 Å². The first-order valence-electron chi connectivity index (χ1n) is 10.00. The van der Waals surface area contributed by atoms with Crippen LogP contribution in [-0.2, 0) is 17.8 Å². The van der Waals surface area contributed by atoms with Crippen molar-refractivity contribution in [2.75, 3.05) is 25.6 Å². The third-order valence-electron chi connectivity index (χ3n) is 4.54. The molecule has 3 aromatic rings. The van der Waals surface area contributed by atoms with Crippen molar-refractivity contribution in [3.8, 4) is 5.75 Å². The van der Waals surface area contributed by atoms with Crippen LogP contribution in [0.4, 0.5) is 10.5 Å². The largest absolute Gasteiger partial charge is 0.490 e. The van der Waals surface area contributed by atoms with Gasteiger partial charge in [0.25, 0.3) is 0 Å². The van der Waals surface area contributed by atoms with E-state index in [4.69, 9.17) is 13.9 Å². The number of nitrogens with one attached hydrogen (secondary N) is 1. The molecule has 0 bridgehead atoms. The molecule has 162 valence electrons. The summed E-state index contributed by atoms with van der Waals surface area (Å²) in [4.78, 5) is 25.8. The maximum Gasteiger partial charge on any atom is 0.411 e. The number of rotatable bonds is 9. The van der Waals surface area contributed by atoms with Crippen molar-refractivity contribution >= 4 is 22.7 Å². The van der Waals surface area contributed by atoms with Gasteiger partial charge < -0.3 is 13.9 Å². The van der Waals surface area contributed by atoms with E-state index < -0.39 is 11.7 Å². The van der Waals surface area contributed by atoms with Crippen molar-refractivity contribution in [1.82, 2.24) is 4.90 Å². The summed E-state index contributed by atoms with van der Waals surface area (Å²) in [6, 6.07) is 14.6. The predicted octanol–water partition coefficient (Wildman–Crippen LogP) is 4.56. The zero-order chi connectivity index (χ0) is 22.2. The fourth-order valence-electron chi connectivity index (χ4n) is 3.23. The van der Waals surface area contributed by atoms with Gasteiger partial charge >= 0.3 is 11.7 Å². The van der Waals surface area contributed by atoms with Gasteiger partial charge in [0, 0.05) is 36.3 Å². The molecule has 1 aromatic heterocycles. The second-order valence-corrected chi connectivity index (χ2v) is 7.06. The lowest BCUT2D eigenvalue weighted by atomic mass is 10.1. The Balaban J connectivity index is 1.73. The summed E-state index contributed by atoms with van der Waals surface area (Å²) in [5.74, 6) is 0.796. The van der Waals surface area contributed by atoms with Crippen LogP contribution in [0.2, 0.25) is 0 Å². The van der Waals surface area contributed by atoms with E-state index in [2.05, 4.69) is 16.8 Å². The summed E-state index contributed by atoms with van der Waals surface area (Å²) in [7, 11) is 1.99. The molecule has 0 aliphatic heterocycles. The van der Waals surface area contributed by atoms with E-state index in [-0.39, 0.29) is 6.61 Å². The Bertz CT molecular complexity index is 1110. The minimum atomic E-state index is -0.555. The van der Waals surface area contributed by atoms with Gasteiger partial charge in [-0.3, -0.25) is 10.2 Å². The topological polar surface area (TPSA) is 81.0 Å². The molecule has 1 N–H and O–H groups in total. The number of anilines is 1. The third-order valence-corrected chi connectivity index (χ3v) is 4.54. The van der Waals surface area contributed by atoms with Crippen LogP contribution in [0.3, 0.4) is 0 Å².